The van der Waals surface area contributed by atoms with Crippen molar-refractivity contribution in [2.45, 2.75) is 57.5 Å². The number of carbonyl (C=O) groups excluding carboxylic acids is 1. The zero-order chi connectivity index (χ0) is 18.4. The number of hydrogen-bond donors (Lipinski definition) is 0. The molecule has 2 aromatic heterocycles. The van der Waals surface area contributed by atoms with E-state index in [-0.39, 0.29) is 5.91 Å². The maximum Gasteiger partial charge on any atom is 0.237 e. The Kier molecular flexibility index (Phi) is 4.56. The largest absolute Gasteiger partial charge is 0.337 e. The molecule has 0 radical (unpaired) electrons. The molecular formula is C21H28N4OS. The van der Waals surface area contributed by atoms with Gasteiger partial charge in [-0.3, -0.25) is 9.69 Å². The van der Waals surface area contributed by atoms with Gasteiger partial charge in [0.2, 0.25) is 5.91 Å². The second-order valence-electron chi connectivity index (χ2n) is 8.19. The van der Waals surface area contributed by atoms with E-state index in [1.165, 1.54) is 40.5 Å². The van der Waals surface area contributed by atoms with E-state index in [9.17, 15) is 4.79 Å². The van der Waals surface area contributed by atoms with E-state index >= 15 is 0 Å². The quantitative estimate of drug-likeness (QED) is 0.817. The summed E-state index contributed by atoms with van der Waals surface area (Å²) in [6, 6.07) is 2.47. The number of hydrogen-bond acceptors (Lipinski definition) is 4. The van der Waals surface area contributed by atoms with Gasteiger partial charge < -0.3 is 9.47 Å². The molecule has 1 amide bonds. The van der Waals surface area contributed by atoms with Crippen molar-refractivity contribution >= 4 is 17.2 Å². The van der Waals surface area contributed by atoms with Gasteiger partial charge in [0.1, 0.15) is 5.82 Å². The number of aryl methyl sites for hydroxylation is 1. The van der Waals surface area contributed by atoms with Crippen molar-refractivity contribution in [3.8, 4) is 0 Å². The van der Waals surface area contributed by atoms with Crippen LogP contribution in [0, 0.1) is 0 Å². The molecule has 27 heavy (non-hydrogen) atoms. The molecule has 1 unspecified atom stereocenters. The molecule has 6 heteroatoms. The molecule has 2 aliphatic heterocycles. The van der Waals surface area contributed by atoms with Gasteiger partial charge in [0.05, 0.1) is 18.3 Å². The summed E-state index contributed by atoms with van der Waals surface area (Å²) in [4.78, 5) is 23.9. The van der Waals surface area contributed by atoms with Gasteiger partial charge in [0, 0.05) is 30.7 Å². The molecule has 1 saturated heterocycles. The zero-order valence-corrected chi connectivity index (χ0v) is 16.9. The van der Waals surface area contributed by atoms with E-state index in [0.717, 1.165) is 51.7 Å². The molecule has 5 nitrogen and oxygen atoms in total. The fourth-order valence-corrected chi connectivity index (χ4v) is 5.94. The highest BCUT2D eigenvalue weighted by atomic mass is 32.1. The number of likely N-dealkylation sites (tertiary alicyclic amines) is 1. The lowest BCUT2D eigenvalue weighted by molar-refractivity contribution is -0.133. The smallest absolute Gasteiger partial charge is 0.237 e. The van der Waals surface area contributed by atoms with Crippen LogP contribution in [0.5, 0.6) is 0 Å². The summed E-state index contributed by atoms with van der Waals surface area (Å²) in [5.41, 5.74) is 4.07. The standard InChI is InChI=1S/C21H28N4OS/c1-23-17-6-3-2-5-16(17)22-21(23)18-7-4-10-24(18)14-20(26)25-11-8-19-15(13-25)9-12-27-19/h9,12,18H,2-8,10-11,13-14H2,1H3. The van der Waals surface area contributed by atoms with Gasteiger partial charge in [-0.1, -0.05) is 0 Å². The molecule has 5 rings (SSSR count). The third-order valence-corrected chi connectivity index (χ3v) is 7.59. The van der Waals surface area contributed by atoms with Gasteiger partial charge in [-0.25, -0.2) is 4.98 Å². The van der Waals surface area contributed by atoms with Gasteiger partial charge >= 0.3 is 0 Å². The number of fused-ring (bicyclic) bond motifs is 2. The number of imidazole rings is 1. The Morgan fingerprint density at radius 1 is 1.22 bits per heavy atom. The monoisotopic (exact) mass is 384 g/mol. The Morgan fingerprint density at radius 3 is 3.00 bits per heavy atom. The molecular weight excluding hydrogens is 356 g/mol. The lowest BCUT2D eigenvalue weighted by Crippen LogP contribution is -2.42. The van der Waals surface area contributed by atoms with E-state index in [2.05, 4.69) is 28.0 Å². The molecule has 0 saturated carbocycles. The molecule has 2 aromatic rings. The Bertz CT molecular complexity index is 854. The molecule has 1 atom stereocenters. The Labute approximate surface area is 165 Å². The average Bonchev–Trinajstić information content (AvgIpc) is 3.40. The first-order valence-corrected chi connectivity index (χ1v) is 11.2. The van der Waals surface area contributed by atoms with Crippen LogP contribution in [0.1, 0.15) is 59.4 Å². The van der Waals surface area contributed by atoms with Gasteiger partial charge in [-0.05, 0) is 68.5 Å². The van der Waals surface area contributed by atoms with E-state index in [1.54, 1.807) is 0 Å². The van der Waals surface area contributed by atoms with E-state index in [0.29, 0.717) is 12.6 Å². The second-order valence-corrected chi connectivity index (χ2v) is 9.19. The minimum absolute atomic E-state index is 0.276. The predicted molar refractivity (Wildman–Crippen MR) is 107 cm³/mol. The minimum Gasteiger partial charge on any atom is -0.337 e. The lowest BCUT2D eigenvalue weighted by Gasteiger charge is -2.30. The SMILES string of the molecule is Cn1c(C2CCCN2CC(=O)N2CCc3sccc3C2)nc2c1CCCC2. The van der Waals surface area contributed by atoms with Gasteiger partial charge in [-0.15, -0.1) is 11.3 Å². The number of carbonyl (C=O) groups is 1. The van der Waals surface area contributed by atoms with Crippen LogP contribution < -0.4 is 0 Å². The fraction of sp³-hybridized carbons (Fsp3) is 0.619. The molecule has 144 valence electrons. The number of nitrogens with zero attached hydrogens (tertiary/aromatic N) is 4. The van der Waals surface area contributed by atoms with Crippen molar-refractivity contribution in [1.29, 1.82) is 0 Å². The van der Waals surface area contributed by atoms with E-state index < -0.39 is 0 Å². The van der Waals surface area contributed by atoms with Crippen LogP contribution >= 0.6 is 11.3 Å². The van der Waals surface area contributed by atoms with Crippen LogP contribution in [-0.2, 0) is 37.6 Å². The molecule has 1 aliphatic carbocycles. The maximum absolute atomic E-state index is 13.0. The van der Waals surface area contributed by atoms with Crippen LogP contribution in [0.25, 0.3) is 0 Å². The third-order valence-electron chi connectivity index (χ3n) is 6.57. The highest BCUT2D eigenvalue weighted by molar-refractivity contribution is 7.10. The normalized spacial score (nSPS) is 22.7. The summed E-state index contributed by atoms with van der Waals surface area (Å²) in [6.45, 7) is 3.18. The first-order chi connectivity index (χ1) is 13.2. The maximum atomic E-state index is 13.0. The number of aromatic nitrogens is 2. The summed E-state index contributed by atoms with van der Waals surface area (Å²) in [6.07, 6.45) is 8.09. The summed E-state index contributed by atoms with van der Waals surface area (Å²) >= 11 is 1.82. The predicted octanol–water partition coefficient (Wildman–Crippen LogP) is 3.08. The van der Waals surface area contributed by atoms with E-state index in [4.69, 9.17) is 4.98 Å². The molecule has 4 heterocycles. The molecule has 0 aromatic carbocycles. The first kappa shape index (κ1) is 17.4. The Morgan fingerprint density at radius 2 is 2.11 bits per heavy atom. The summed E-state index contributed by atoms with van der Waals surface area (Å²) in [7, 11) is 2.17. The molecule has 0 N–H and O–H groups in total. The van der Waals surface area contributed by atoms with Crippen molar-refractivity contribution in [3.63, 3.8) is 0 Å². The van der Waals surface area contributed by atoms with Crippen molar-refractivity contribution in [3.05, 3.63) is 39.1 Å². The second kappa shape index (κ2) is 7.06. The van der Waals surface area contributed by atoms with Crippen LogP contribution in [-0.4, -0.2) is 44.9 Å². The fourth-order valence-electron chi connectivity index (χ4n) is 5.05. The minimum atomic E-state index is 0.276. The van der Waals surface area contributed by atoms with Crippen molar-refractivity contribution in [1.82, 2.24) is 19.4 Å². The molecule has 1 fully saturated rings. The first-order valence-electron chi connectivity index (χ1n) is 10.3. The molecule has 0 spiro atoms. The van der Waals surface area contributed by atoms with Crippen LogP contribution in [0.15, 0.2) is 11.4 Å². The Balaban J connectivity index is 1.31. The zero-order valence-electron chi connectivity index (χ0n) is 16.1. The number of rotatable bonds is 3. The number of amides is 1. The topological polar surface area (TPSA) is 41.4 Å². The van der Waals surface area contributed by atoms with Crippen molar-refractivity contribution in [2.24, 2.45) is 7.05 Å². The van der Waals surface area contributed by atoms with Gasteiger partial charge in [0.15, 0.2) is 0 Å². The summed E-state index contributed by atoms with van der Waals surface area (Å²) < 4.78 is 2.33. The van der Waals surface area contributed by atoms with Crippen molar-refractivity contribution < 1.29 is 4.79 Å². The molecule has 0 bridgehead atoms. The summed E-state index contributed by atoms with van der Waals surface area (Å²) in [5, 5.41) is 2.15. The lowest BCUT2D eigenvalue weighted by atomic mass is 10.0. The van der Waals surface area contributed by atoms with Crippen LogP contribution in [0.3, 0.4) is 0 Å². The average molecular weight is 385 g/mol. The Hall–Kier alpha value is -1.66. The van der Waals surface area contributed by atoms with Crippen LogP contribution in [0.4, 0.5) is 0 Å². The van der Waals surface area contributed by atoms with Gasteiger partial charge in [-0.2, -0.15) is 0 Å². The highest BCUT2D eigenvalue weighted by Crippen LogP contribution is 2.34. The third kappa shape index (κ3) is 3.13. The molecule has 3 aliphatic rings. The number of thiophene rings is 1. The van der Waals surface area contributed by atoms with Crippen molar-refractivity contribution in [2.75, 3.05) is 19.6 Å². The van der Waals surface area contributed by atoms with E-state index in [1.807, 2.05) is 16.2 Å². The highest BCUT2D eigenvalue weighted by Gasteiger charge is 2.34. The van der Waals surface area contributed by atoms with Gasteiger partial charge in [0.25, 0.3) is 0 Å². The van der Waals surface area contributed by atoms with Crippen LogP contribution in [0.2, 0.25) is 0 Å². The summed E-state index contributed by atoms with van der Waals surface area (Å²) in [5.74, 6) is 1.46.